The predicted octanol–water partition coefficient (Wildman–Crippen LogP) is 6.04. The average molecular weight is 382 g/mol. The van der Waals surface area contributed by atoms with Crippen molar-refractivity contribution in [3.05, 3.63) is 59.7 Å². The van der Waals surface area contributed by atoms with Crippen molar-refractivity contribution < 1.29 is 14.3 Å². The Labute approximate surface area is 168 Å². The highest BCUT2D eigenvalue weighted by molar-refractivity contribution is 6.02. The van der Waals surface area contributed by atoms with Crippen LogP contribution in [0.5, 0.6) is 11.5 Å². The maximum atomic E-state index is 12.3. The molecule has 28 heavy (non-hydrogen) atoms. The molecule has 0 saturated carbocycles. The highest BCUT2D eigenvalue weighted by Gasteiger charge is 2.08. The van der Waals surface area contributed by atoms with Gasteiger partial charge in [-0.05, 0) is 47.7 Å². The van der Waals surface area contributed by atoms with E-state index in [4.69, 9.17) is 9.47 Å². The molecule has 0 aliphatic rings. The summed E-state index contributed by atoms with van der Waals surface area (Å²) in [5, 5.41) is 2.96. The molecule has 0 bridgehead atoms. The van der Waals surface area contributed by atoms with Crippen molar-refractivity contribution in [2.45, 2.75) is 46.0 Å². The number of anilines is 1. The molecule has 0 heterocycles. The SMILES string of the molecule is CCCCCOc1ccc(C=CC(=O)Nc2ccccc2C(C)C)cc1OC. The number of carbonyl (C=O) groups excluding carboxylic acids is 1. The topological polar surface area (TPSA) is 47.6 Å². The van der Waals surface area contributed by atoms with Crippen LogP contribution in [0.1, 0.15) is 57.1 Å². The Bertz CT molecular complexity index is 796. The molecule has 0 aliphatic carbocycles. The van der Waals surface area contributed by atoms with Gasteiger partial charge in [-0.3, -0.25) is 4.79 Å². The molecule has 0 radical (unpaired) electrons. The third-order valence-corrected chi connectivity index (χ3v) is 4.46. The monoisotopic (exact) mass is 381 g/mol. The van der Waals surface area contributed by atoms with Crippen molar-refractivity contribution in [1.82, 2.24) is 0 Å². The van der Waals surface area contributed by atoms with E-state index in [9.17, 15) is 4.79 Å². The van der Waals surface area contributed by atoms with E-state index in [0.29, 0.717) is 18.3 Å². The molecule has 0 unspecified atom stereocenters. The lowest BCUT2D eigenvalue weighted by Gasteiger charge is -2.12. The Hall–Kier alpha value is -2.75. The molecule has 1 amide bonds. The van der Waals surface area contributed by atoms with Gasteiger partial charge < -0.3 is 14.8 Å². The van der Waals surface area contributed by atoms with Gasteiger partial charge in [0.25, 0.3) is 0 Å². The van der Waals surface area contributed by atoms with Crippen molar-refractivity contribution in [3.63, 3.8) is 0 Å². The third kappa shape index (κ3) is 6.45. The first kappa shape index (κ1) is 21.5. The normalized spacial score (nSPS) is 11.0. The van der Waals surface area contributed by atoms with Gasteiger partial charge in [-0.2, -0.15) is 0 Å². The van der Waals surface area contributed by atoms with Gasteiger partial charge in [0.05, 0.1) is 13.7 Å². The number of nitrogens with one attached hydrogen (secondary N) is 1. The number of rotatable bonds is 10. The van der Waals surface area contributed by atoms with Gasteiger partial charge in [0.1, 0.15) is 0 Å². The number of benzene rings is 2. The van der Waals surface area contributed by atoms with Crippen molar-refractivity contribution in [3.8, 4) is 11.5 Å². The number of para-hydroxylation sites is 1. The fourth-order valence-electron chi connectivity index (χ4n) is 2.90. The Morgan fingerprint density at radius 1 is 1.11 bits per heavy atom. The largest absolute Gasteiger partial charge is 0.493 e. The molecule has 0 aromatic heterocycles. The molecule has 0 fully saturated rings. The van der Waals surface area contributed by atoms with Crippen molar-refractivity contribution in [2.24, 2.45) is 0 Å². The molecule has 2 rings (SSSR count). The molecule has 4 nitrogen and oxygen atoms in total. The smallest absolute Gasteiger partial charge is 0.248 e. The van der Waals surface area contributed by atoms with E-state index in [1.54, 1.807) is 13.2 Å². The van der Waals surface area contributed by atoms with Gasteiger partial charge in [0.15, 0.2) is 11.5 Å². The summed E-state index contributed by atoms with van der Waals surface area (Å²) in [7, 11) is 1.62. The second kappa shape index (κ2) is 11.2. The van der Waals surface area contributed by atoms with Gasteiger partial charge in [-0.1, -0.05) is 57.9 Å². The fraction of sp³-hybridized carbons (Fsp3) is 0.375. The van der Waals surface area contributed by atoms with E-state index >= 15 is 0 Å². The van der Waals surface area contributed by atoms with E-state index in [1.165, 1.54) is 6.08 Å². The van der Waals surface area contributed by atoms with Crippen LogP contribution in [0, 0.1) is 0 Å². The average Bonchev–Trinajstić information content (AvgIpc) is 2.70. The molecule has 4 heteroatoms. The van der Waals surface area contributed by atoms with E-state index in [1.807, 2.05) is 42.5 Å². The van der Waals surface area contributed by atoms with E-state index < -0.39 is 0 Å². The van der Waals surface area contributed by atoms with Crippen LogP contribution in [0.25, 0.3) is 6.08 Å². The number of unbranched alkanes of at least 4 members (excludes halogenated alkanes) is 2. The predicted molar refractivity (Wildman–Crippen MR) is 116 cm³/mol. The lowest BCUT2D eigenvalue weighted by atomic mass is 10.0. The molecule has 0 atom stereocenters. The summed E-state index contributed by atoms with van der Waals surface area (Å²) < 4.78 is 11.2. The Kier molecular flexibility index (Phi) is 8.60. The van der Waals surface area contributed by atoms with Crippen molar-refractivity contribution >= 4 is 17.7 Å². The first-order valence-corrected chi connectivity index (χ1v) is 9.94. The first-order valence-electron chi connectivity index (χ1n) is 9.94. The maximum Gasteiger partial charge on any atom is 0.248 e. The summed E-state index contributed by atoms with van der Waals surface area (Å²) >= 11 is 0. The second-order valence-electron chi connectivity index (χ2n) is 7.03. The molecule has 150 valence electrons. The summed E-state index contributed by atoms with van der Waals surface area (Å²) in [5.41, 5.74) is 2.85. The Morgan fingerprint density at radius 2 is 1.89 bits per heavy atom. The molecule has 0 saturated heterocycles. The van der Waals surface area contributed by atoms with Crippen LogP contribution < -0.4 is 14.8 Å². The molecule has 2 aromatic carbocycles. The highest BCUT2D eigenvalue weighted by atomic mass is 16.5. The summed E-state index contributed by atoms with van der Waals surface area (Å²) in [5.74, 6) is 1.58. The molecule has 0 spiro atoms. The standard InChI is InChI=1S/C24H31NO3/c1-5-6-9-16-28-22-14-12-19(17-23(22)27-4)13-15-24(26)25-21-11-8-7-10-20(21)18(2)3/h7-8,10-15,17-18H,5-6,9,16H2,1-4H3,(H,25,26). The van der Waals surface area contributed by atoms with Crippen molar-refractivity contribution in [2.75, 3.05) is 19.0 Å². The highest BCUT2D eigenvalue weighted by Crippen LogP contribution is 2.29. The van der Waals surface area contributed by atoms with Crippen LogP contribution in [0.15, 0.2) is 48.5 Å². The van der Waals surface area contributed by atoms with Crippen LogP contribution in [0.3, 0.4) is 0 Å². The fourth-order valence-corrected chi connectivity index (χ4v) is 2.90. The summed E-state index contributed by atoms with van der Waals surface area (Å²) in [6.07, 6.45) is 6.65. The molecular formula is C24H31NO3. The number of amides is 1. The summed E-state index contributed by atoms with van der Waals surface area (Å²) in [4.78, 5) is 12.3. The Morgan fingerprint density at radius 3 is 2.61 bits per heavy atom. The zero-order chi connectivity index (χ0) is 20.4. The van der Waals surface area contributed by atoms with Gasteiger partial charge in [0.2, 0.25) is 5.91 Å². The minimum absolute atomic E-state index is 0.160. The number of carbonyl (C=O) groups is 1. The van der Waals surface area contributed by atoms with Crippen LogP contribution in [0.4, 0.5) is 5.69 Å². The zero-order valence-corrected chi connectivity index (χ0v) is 17.3. The van der Waals surface area contributed by atoms with Gasteiger partial charge >= 0.3 is 0 Å². The second-order valence-corrected chi connectivity index (χ2v) is 7.03. The van der Waals surface area contributed by atoms with Gasteiger partial charge in [0, 0.05) is 11.8 Å². The van der Waals surface area contributed by atoms with Crippen LogP contribution in [-0.4, -0.2) is 19.6 Å². The van der Waals surface area contributed by atoms with Crippen LogP contribution >= 0.6 is 0 Å². The summed E-state index contributed by atoms with van der Waals surface area (Å²) in [6, 6.07) is 13.6. The number of methoxy groups -OCH3 is 1. The number of hydrogen-bond donors (Lipinski definition) is 1. The minimum Gasteiger partial charge on any atom is -0.493 e. The molecule has 1 N–H and O–H groups in total. The molecule has 0 aliphatic heterocycles. The molecular weight excluding hydrogens is 350 g/mol. The van der Waals surface area contributed by atoms with E-state index in [0.717, 1.165) is 41.8 Å². The van der Waals surface area contributed by atoms with Crippen LogP contribution in [-0.2, 0) is 4.79 Å². The number of ether oxygens (including phenoxy) is 2. The van der Waals surface area contributed by atoms with Crippen LogP contribution in [0.2, 0.25) is 0 Å². The van der Waals surface area contributed by atoms with E-state index in [2.05, 4.69) is 26.1 Å². The van der Waals surface area contributed by atoms with Gasteiger partial charge in [-0.25, -0.2) is 0 Å². The van der Waals surface area contributed by atoms with E-state index in [-0.39, 0.29) is 5.91 Å². The lowest BCUT2D eigenvalue weighted by Crippen LogP contribution is -2.10. The minimum atomic E-state index is -0.160. The first-order chi connectivity index (χ1) is 13.5. The van der Waals surface area contributed by atoms with Gasteiger partial charge in [-0.15, -0.1) is 0 Å². The maximum absolute atomic E-state index is 12.3. The Balaban J connectivity index is 2.02. The lowest BCUT2D eigenvalue weighted by molar-refractivity contribution is -0.111. The molecule has 2 aromatic rings. The quantitative estimate of drug-likeness (QED) is 0.403. The third-order valence-electron chi connectivity index (χ3n) is 4.46. The summed E-state index contributed by atoms with van der Waals surface area (Å²) in [6.45, 7) is 7.06. The zero-order valence-electron chi connectivity index (χ0n) is 17.3. The number of hydrogen-bond acceptors (Lipinski definition) is 3. The van der Waals surface area contributed by atoms with Crippen molar-refractivity contribution in [1.29, 1.82) is 0 Å².